The van der Waals surface area contributed by atoms with E-state index in [0.717, 1.165) is 6.07 Å². The van der Waals surface area contributed by atoms with E-state index in [9.17, 15) is 13.2 Å². The van der Waals surface area contributed by atoms with Crippen LogP contribution in [0.1, 0.15) is 31.7 Å². The van der Waals surface area contributed by atoms with E-state index in [2.05, 4.69) is 0 Å². The predicted octanol–water partition coefficient (Wildman–Crippen LogP) is 3.62. The molecule has 0 aliphatic rings. The van der Waals surface area contributed by atoms with Crippen molar-refractivity contribution in [1.29, 1.82) is 0 Å². The molecule has 0 aliphatic carbocycles. The highest BCUT2D eigenvalue weighted by Gasteiger charge is 2.13. The Bertz CT molecular complexity index is 307. The predicted molar refractivity (Wildman–Crippen MR) is 45.0 cm³/mol. The molecule has 0 aliphatic heterocycles. The first-order chi connectivity index (χ1) is 6.06. The molecular formula is C10H11F3. The van der Waals surface area contributed by atoms with Crippen LogP contribution in [0.4, 0.5) is 13.2 Å². The van der Waals surface area contributed by atoms with E-state index in [0.29, 0.717) is 12.5 Å². The van der Waals surface area contributed by atoms with Gasteiger partial charge in [0, 0.05) is 6.07 Å². The van der Waals surface area contributed by atoms with Crippen LogP contribution >= 0.6 is 0 Å². The highest BCUT2D eigenvalue weighted by Crippen LogP contribution is 2.23. The first-order valence-corrected chi connectivity index (χ1v) is 4.20. The van der Waals surface area contributed by atoms with Crippen LogP contribution in [0.15, 0.2) is 12.1 Å². The Hall–Kier alpha value is -0.990. The lowest BCUT2D eigenvalue weighted by Crippen LogP contribution is -1.99. The number of rotatable bonds is 2. The van der Waals surface area contributed by atoms with Crippen LogP contribution in [0.3, 0.4) is 0 Å². The van der Waals surface area contributed by atoms with Crippen molar-refractivity contribution in [2.45, 2.75) is 26.2 Å². The number of hydrogen-bond acceptors (Lipinski definition) is 0. The highest BCUT2D eigenvalue weighted by atomic mass is 19.2. The van der Waals surface area contributed by atoms with Crippen LogP contribution in [0.5, 0.6) is 0 Å². The maximum atomic E-state index is 13.1. The molecule has 0 nitrogen and oxygen atoms in total. The standard InChI is InChI=1S/C10H11F3/c1-3-6(2)7-4-9(12)10(13)5-8(7)11/h4-6H,3H2,1-2H3. The molecule has 0 spiro atoms. The van der Waals surface area contributed by atoms with Gasteiger partial charge in [0.15, 0.2) is 11.6 Å². The van der Waals surface area contributed by atoms with Crippen molar-refractivity contribution in [3.8, 4) is 0 Å². The molecule has 0 saturated carbocycles. The zero-order valence-corrected chi connectivity index (χ0v) is 7.57. The van der Waals surface area contributed by atoms with Crippen LogP contribution in [-0.2, 0) is 0 Å². The fourth-order valence-electron chi connectivity index (χ4n) is 1.14. The quantitative estimate of drug-likeness (QED) is 0.622. The van der Waals surface area contributed by atoms with Crippen LogP contribution in [0.2, 0.25) is 0 Å². The Morgan fingerprint density at radius 3 is 2.15 bits per heavy atom. The summed E-state index contributed by atoms with van der Waals surface area (Å²) in [6, 6.07) is 1.52. The fraction of sp³-hybridized carbons (Fsp3) is 0.400. The third kappa shape index (κ3) is 2.02. The van der Waals surface area contributed by atoms with Gasteiger partial charge >= 0.3 is 0 Å². The fourth-order valence-corrected chi connectivity index (χ4v) is 1.14. The monoisotopic (exact) mass is 188 g/mol. The summed E-state index contributed by atoms with van der Waals surface area (Å²) in [6.07, 6.45) is 0.696. The van der Waals surface area contributed by atoms with Crippen molar-refractivity contribution in [3.05, 3.63) is 35.1 Å². The molecule has 0 saturated heterocycles. The Kier molecular flexibility index (Phi) is 2.96. The van der Waals surface area contributed by atoms with Gasteiger partial charge in [-0.15, -0.1) is 0 Å². The summed E-state index contributed by atoms with van der Waals surface area (Å²) in [5, 5.41) is 0. The molecule has 0 N–H and O–H groups in total. The summed E-state index contributed by atoms with van der Waals surface area (Å²) >= 11 is 0. The van der Waals surface area contributed by atoms with Gasteiger partial charge in [-0.05, 0) is 24.0 Å². The normalized spacial score (nSPS) is 13.0. The van der Waals surface area contributed by atoms with Gasteiger partial charge < -0.3 is 0 Å². The van der Waals surface area contributed by atoms with E-state index in [1.165, 1.54) is 0 Å². The van der Waals surface area contributed by atoms with Crippen molar-refractivity contribution < 1.29 is 13.2 Å². The van der Waals surface area contributed by atoms with Crippen molar-refractivity contribution in [2.75, 3.05) is 0 Å². The highest BCUT2D eigenvalue weighted by molar-refractivity contribution is 5.23. The van der Waals surface area contributed by atoms with Crippen LogP contribution in [-0.4, -0.2) is 0 Å². The summed E-state index contributed by atoms with van der Waals surface area (Å²) < 4.78 is 38.3. The molecule has 0 bridgehead atoms. The third-order valence-corrected chi connectivity index (χ3v) is 2.18. The second-order valence-corrected chi connectivity index (χ2v) is 3.10. The van der Waals surface area contributed by atoms with Gasteiger partial charge in [0.05, 0.1) is 0 Å². The van der Waals surface area contributed by atoms with Crippen molar-refractivity contribution in [1.82, 2.24) is 0 Å². The molecule has 0 aromatic heterocycles. The summed E-state index contributed by atoms with van der Waals surface area (Å²) in [5.74, 6) is -2.88. The largest absolute Gasteiger partial charge is 0.207 e. The summed E-state index contributed by atoms with van der Waals surface area (Å²) in [6.45, 7) is 3.64. The average molecular weight is 188 g/mol. The molecule has 1 atom stereocenters. The van der Waals surface area contributed by atoms with Gasteiger partial charge in [-0.2, -0.15) is 0 Å². The summed E-state index contributed by atoms with van der Waals surface area (Å²) in [4.78, 5) is 0. The molecule has 72 valence electrons. The minimum atomic E-state index is -1.13. The first-order valence-electron chi connectivity index (χ1n) is 4.20. The van der Waals surface area contributed by atoms with Gasteiger partial charge in [0.2, 0.25) is 0 Å². The van der Waals surface area contributed by atoms with Crippen molar-refractivity contribution >= 4 is 0 Å². The lowest BCUT2D eigenvalue weighted by Gasteiger charge is -2.10. The van der Waals surface area contributed by atoms with Gasteiger partial charge in [0.1, 0.15) is 5.82 Å². The number of halogens is 3. The van der Waals surface area contributed by atoms with E-state index in [-0.39, 0.29) is 11.5 Å². The molecule has 0 fully saturated rings. The van der Waals surface area contributed by atoms with Gasteiger partial charge in [0.25, 0.3) is 0 Å². The average Bonchev–Trinajstić information content (AvgIpc) is 2.10. The summed E-state index contributed by atoms with van der Waals surface area (Å²) in [7, 11) is 0. The Balaban J connectivity index is 3.15. The molecule has 0 radical (unpaired) electrons. The molecular weight excluding hydrogens is 177 g/mol. The molecule has 1 aromatic rings. The maximum absolute atomic E-state index is 13.1. The Morgan fingerprint density at radius 2 is 1.62 bits per heavy atom. The first kappa shape index (κ1) is 10.1. The molecule has 0 amide bonds. The van der Waals surface area contributed by atoms with E-state index in [1.807, 2.05) is 6.92 Å². The van der Waals surface area contributed by atoms with Crippen molar-refractivity contribution in [3.63, 3.8) is 0 Å². The lowest BCUT2D eigenvalue weighted by molar-refractivity contribution is 0.484. The topological polar surface area (TPSA) is 0 Å². The van der Waals surface area contributed by atoms with E-state index in [4.69, 9.17) is 0 Å². The molecule has 0 heterocycles. The Morgan fingerprint density at radius 1 is 1.08 bits per heavy atom. The van der Waals surface area contributed by atoms with Crippen LogP contribution in [0.25, 0.3) is 0 Å². The maximum Gasteiger partial charge on any atom is 0.161 e. The number of benzene rings is 1. The smallest absolute Gasteiger partial charge is 0.161 e. The van der Waals surface area contributed by atoms with Gasteiger partial charge in [-0.25, -0.2) is 13.2 Å². The Labute approximate surface area is 75.4 Å². The zero-order valence-electron chi connectivity index (χ0n) is 7.57. The van der Waals surface area contributed by atoms with E-state index >= 15 is 0 Å². The second-order valence-electron chi connectivity index (χ2n) is 3.10. The molecule has 13 heavy (non-hydrogen) atoms. The van der Waals surface area contributed by atoms with Crippen LogP contribution in [0, 0.1) is 17.5 Å². The molecule has 1 aromatic carbocycles. The van der Waals surface area contributed by atoms with Crippen LogP contribution < -0.4 is 0 Å². The minimum Gasteiger partial charge on any atom is -0.207 e. The number of hydrogen-bond donors (Lipinski definition) is 0. The minimum absolute atomic E-state index is 0.0879. The third-order valence-electron chi connectivity index (χ3n) is 2.18. The van der Waals surface area contributed by atoms with E-state index in [1.54, 1.807) is 6.92 Å². The van der Waals surface area contributed by atoms with Crippen molar-refractivity contribution in [2.24, 2.45) is 0 Å². The van der Waals surface area contributed by atoms with Gasteiger partial charge in [-0.3, -0.25) is 0 Å². The molecule has 1 unspecified atom stereocenters. The second kappa shape index (κ2) is 3.81. The zero-order chi connectivity index (χ0) is 10.0. The van der Waals surface area contributed by atoms with Gasteiger partial charge in [-0.1, -0.05) is 13.8 Å². The SMILES string of the molecule is CCC(C)c1cc(F)c(F)cc1F. The molecule has 3 heteroatoms. The summed E-state index contributed by atoms with van der Waals surface area (Å²) in [5.41, 5.74) is 0.237. The lowest BCUT2D eigenvalue weighted by atomic mass is 9.98. The molecule has 1 rings (SSSR count). The van der Waals surface area contributed by atoms with E-state index < -0.39 is 17.5 Å².